The van der Waals surface area contributed by atoms with Crippen molar-refractivity contribution in [2.75, 3.05) is 6.61 Å². The van der Waals surface area contributed by atoms with Crippen molar-refractivity contribution in [3.8, 4) is 5.75 Å². The van der Waals surface area contributed by atoms with Gasteiger partial charge in [-0.1, -0.05) is 48.7 Å². The molecule has 4 atom stereocenters. The minimum Gasteiger partial charge on any atom is -0.494 e. The van der Waals surface area contributed by atoms with Crippen molar-refractivity contribution < 1.29 is 24.8 Å². The quantitative estimate of drug-likeness (QED) is 0.669. The number of hydrogen-bond acceptors (Lipinski definition) is 5. The van der Waals surface area contributed by atoms with Crippen molar-refractivity contribution in [2.45, 2.75) is 69.0 Å². The standard InChI is InChI=1S/C24H29ClO5/c1-2-29-18-8-5-15(6-9-18)13-17-14-16(7-10-19(17)25)22-20(26)21(27)23(28)24(30-22)11-3-4-12-24/h5-10,14,20-23,26-28H,2-4,11-13H2,1H3/t20-,21-,22+,23+/m1/s1. The number of rotatable bonds is 5. The van der Waals surface area contributed by atoms with E-state index in [1.165, 1.54) is 0 Å². The summed E-state index contributed by atoms with van der Waals surface area (Å²) in [5.41, 5.74) is 1.96. The first-order valence-electron chi connectivity index (χ1n) is 10.7. The molecule has 0 unspecified atom stereocenters. The molecule has 6 heteroatoms. The van der Waals surface area contributed by atoms with Crippen LogP contribution in [0.2, 0.25) is 5.02 Å². The predicted octanol–water partition coefficient (Wildman–Crippen LogP) is 3.80. The molecular formula is C24H29ClO5. The highest BCUT2D eigenvalue weighted by Crippen LogP contribution is 2.46. The van der Waals surface area contributed by atoms with Crippen LogP contribution in [0.25, 0.3) is 0 Å². The van der Waals surface area contributed by atoms with Gasteiger partial charge in [-0.15, -0.1) is 0 Å². The Morgan fingerprint density at radius 1 is 1.03 bits per heavy atom. The van der Waals surface area contributed by atoms with Crippen LogP contribution in [0.15, 0.2) is 42.5 Å². The van der Waals surface area contributed by atoms with Gasteiger partial charge in [0.15, 0.2) is 0 Å². The molecule has 1 aliphatic heterocycles. The van der Waals surface area contributed by atoms with Crippen LogP contribution in [-0.2, 0) is 11.2 Å². The summed E-state index contributed by atoms with van der Waals surface area (Å²) in [6, 6.07) is 13.4. The maximum atomic E-state index is 10.7. The van der Waals surface area contributed by atoms with Crippen LogP contribution < -0.4 is 4.74 Å². The number of halogens is 1. The van der Waals surface area contributed by atoms with Crippen LogP contribution in [-0.4, -0.2) is 45.8 Å². The fraction of sp³-hybridized carbons (Fsp3) is 0.500. The molecule has 0 bridgehead atoms. The van der Waals surface area contributed by atoms with Crippen molar-refractivity contribution >= 4 is 11.6 Å². The maximum absolute atomic E-state index is 10.7. The number of ether oxygens (including phenoxy) is 2. The maximum Gasteiger partial charge on any atom is 0.119 e. The Kier molecular flexibility index (Phi) is 6.37. The van der Waals surface area contributed by atoms with Crippen LogP contribution >= 0.6 is 11.6 Å². The zero-order valence-electron chi connectivity index (χ0n) is 17.1. The molecule has 0 amide bonds. The Bertz CT molecular complexity index is 862. The van der Waals surface area contributed by atoms with Crippen LogP contribution in [0, 0.1) is 0 Å². The van der Waals surface area contributed by atoms with E-state index in [1.54, 1.807) is 6.07 Å². The van der Waals surface area contributed by atoms with Gasteiger partial charge in [0, 0.05) is 5.02 Å². The molecule has 1 spiro atoms. The average molecular weight is 433 g/mol. The largest absolute Gasteiger partial charge is 0.494 e. The summed E-state index contributed by atoms with van der Waals surface area (Å²) in [7, 11) is 0. The van der Waals surface area contributed by atoms with Gasteiger partial charge >= 0.3 is 0 Å². The summed E-state index contributed by atoms with van der Waals surface area (Å²) in [5.74, 6) is 0.828. The lowest BCUT2D eigenvalue weighted by atomic mass is 9.81. The average Bonchev–Trinajstić information content (AvgIpc) is 3.22. The predicted molar refractivity (Wildman–Crippen MR) is 115 cm³/mol. The van der Waals surface area contributed by atoms with E-state index in [4.69, 9.17) is 21.1 Å². The summed E-state index contributed by atoms with van der Waals surface area (Å²) in [4.78, 5) is 0. The van der Waals surface area contributed by atoms with Gasteiger partial charge in [-0.2, -0.15) is 0 Å². The monoisotopic (exact) mass is 432 g/mol. The highest BCUT2D eigenvalue weighted by molar-refractivity contribution is 6.31. The Balaban J connectivity index is 1.59. The van der Waals surface area contributed by atoms with Gasteiger partial charge in [-0.05, 0) is 61.1 Å². The molecule has 162 valence electrons. The first kappa shape index (κ1) is 21.6. The van der Waals surface area contributed by atoms with Crippen LogP contribution in [0.1, 0.15) is 55.4 Å². The first-order valence-corrected chi connectivity index (χ1v) is 11.0. The van der Waals surface area contributed by atoms with Crippen molar-refractivity contribution in [1.29, 1.82) is 0 Å². The summed E-state index contributed by atoms with van der Waals surface area (Å²) < 4.78 is 11.8. The smallest absolute Gasteiger partial charge is 0.119 e. The highest BCUT2D eigenvalue weighted by Gasteiger charge is 2.54. The first-order chi connectivity index (χ1) is 14.4. The number of aliphatic hydroxyl groups excluding tert-OH is 3. The fourth-order valence-electron chi connectivity index (χ4n) is 4.72. The third-order valence-electron chi connectivity index (χ3n) is 6.36. The molecule has 1 heterocycles. The van der Waals surface area contributed by atoms with Crippen LogP contribution in [0.5, 0.6) is 5.75 Å². The molecule has 2 aromatic rings. The summed E-state index contributed by atoms with van der Waals surface area (Å²) in [5, 5.41) is 32.4. The molecule has 2 aliphatic rings. The minimum absolute atomic E-state index is 0.623. The van der Waals surface area contributed by atoms with Gasteiger partial charge in [0.1, 0.15) is 30.2 Å². The molecular weight excluding hydrogens is 404 g/mol. The van der Waals surface area contributed by atoms with Gasteiger partial charge in [0.05, 0.1) is 12.2 Å². The van der Waals surface area contributed by atoms with E-state index in [1.807, 2.05) is 43.3 Å². The van der Waals surface area contributed by atoms with E-state index in [0.29, 0.717) is 30.9 Å². The molecule has 1 saturated heterocycles. The molecule has 3 N–H and O–H groups in total. The third kappa shape index (κ3) is 4.10. The van der Waals surface area contributed by atoms with E-state index < -0.39 is 30.0 Å². The van der Waals surface area contributed by atoms with E-state index in [9.17, 15) is 15.3 Å². The molecule has 4 rings (SSSR count). The minimum atomic E-state index is -1.24. The zero-order valence-corrected chi connectivity index (χ0v) is 17.9. The second-order valence-corrected chi connectivity index (χ2v) is 8.75. The second kappa shape index (κ2) is 8.85. The molecule has 2 aromatic carbocycles. The summed E-state index contributed by atoms with van der Waals surface area (Å²) >= 11 is 6.46. The normalized spacial score (nSPS) is 28.0. The fourth-order valence-corrected chi connectivity index (χ4v) is 4.90. The molecule has 2 fully saturated rings. The van der Waals surface area contributed by atoms with Crippen molar-refractivity contribution in [3.63, 3.8) is 0 Å². The zero-order chi connectivity index (χ0) is 21.3. The lowest BCUT2D eigenvalue weighted by Crippen LogP contribution is -2.60. The van der Waals surface area contributed by atoms with Gasteiger partial charge in [0.2, 0.25) is 0 Å². The van der Waals surface area contributed by atoms with Gasteiger partial charge < -0.3 is 24.8 Å². The topological polar surface area (TPSA) is 79.2 Å². The van der Waals surface area contributed by atoms with Crippen molar-refractivity contribution in [1.82, 2.24) is 0 Å². The summed E-state index contributed by atoms with van der Waals surface area (Å²) in [6.45, 7) is 2.57. The molecule has 5 nitrogen and oxygen atoms in total. The Labute approximate surface area is 182 Å². The van der Waals surface area contributed by atoms with Crippen molar-refractivity contribution in [2.24, 2.45) is 0 Å². The number of aliphatic hydroxyl groups is 3. The van der Waals surface area contributed by atoms with E-state index >= 15 is 0 Å². The lowest BCUT2D eigenvalue weighted by Gasteiger charge is -2.47. The van der Waals surface area contributed by atoms with Crippen molar-refractivity contribution in [3.05, 3.63) is 64.2 Å². The van der Waals surface area contributed by atoms with E-state index in [0.717, 1.165) is 35.3 Å². The van der Waals surface area contributed by atoms with Gasteiger partial charge in [-0.3, -0.25) is 0 Å². The van der Waals surface area contributed by atoms with E-state index in [2.05, 4.69) is 0 Å². The Morgan fingerprint density at radius 2 is 1.73 bits per heavy atom. The molecule has 0 aromatic heterocycles. The number of benzene rings is 2. The SMILES string of the molecule is CCOc1ccc(Cc2cc([C@@H]3OC4(CCCC4)[C@@H](O)[C@H](O)[C@H]3O)ccc2Cl)cc1. The highest BCUT2D eigenvalue weighted by atomic mass is 35.5. The Morgan fingerprint density at radius 3 is 2.40 bits per heavy atom. The van der Waals surface area contributed by atoms with Crippen LogP contribution in [0.3, 0.4) is 0 Å². The van der Waals surface area contributed by atoms with E-state index in [-0.39, 0.29) is 0 Å². The lowest BCUT2D eigenvalue weighted by molar-refractivity contribution is -0.268. The molecule has 1 saturated carbocycles. The number of hydrogen-bond donors (Lipinski definition) is 3. The van der Waals surface area contributed by atoms with Gasteiger partial charge in [0.25, 0.3) is 0 Å². The second-order valence-electron chi connectivity index (χ2n) is 8.34. The molecule has 30 heavy (non-hydrogen) atoms. The Hall–Kier alpha value is -1.63. The third-order valence-corrected chi connectivity index (χ3v) is 6.73. The molecule has 0 radical (unpaired) electrons. The molecule has 1 aliphatic carbocycles. The van der Waals surface area contributed by atoms with Crippen LogP contribution in [0.4, 0.5) is 0 Å². The van der Waals surface area contributed by atoms with Gasteiger partial charge in [-0.25, -0.2) is 0 Å². The summed E-state index contributed by atoms with van der Waals surface area (Å²) in [6.07, 6.45) is -0.371.